The molecule has 4 rings (SSSR count). The Hall–Kier alpha value is -2.14. The molecule has 2 aliphatic rings. The molecule has 0 radical (unpaired) electrons. The number of aromatic nitrogens is 2. The Bertz CT molecular complexity index is 717. The molecule has 1 aromatic carbocycles. The first-order valence-corrected chi connectivity index (χ1v) is 8.80. The number of rotatable bonds is 2. The number of hydrogen-bond acceptors (Lipinski definition) is 3. The van der Waals surface area contributed by atoms with E-state index in [0.717, 1.165) is 45.6 Å². The number of imidazole rings is 1. The van der Waals surface area contributed by atoms with Gasteiger partial charge in [-0.15, -0.1) is 0 Å². The molecule has 5 heteroatoms. The van der Waals surface area contributed by atoms with Crippen molar-refractivity contribution in [1.29, 1.82) is 0 Å². The van der Waals surface area contributed by atoms with Crippen LogP contribution < -0.4 is 0 Å². The molecule has 1 saturated heterocycles. The molecule has 1 N–H and O–H groups in total. The van der Waals surface area contributed by atoms with Gasteiger partial charge in [-0.2, -0.15) is 0 Å². The number of carbonyl (C=O) groups is 1. The zero-order valence-corrected chi connectivity index (χ0v) is 14.2. The Morgan fingerprint density at radius 3 is 2.79 bits per heavy atom. The predicted molar refractivity (Wildman–Crippen MR) is 92.8 cm³/mol. The third-order valence-corrected chi connectivity index (χ3v) is 5.69. The number of nitrogens with zero attached hydrogens (tertiary/aromatic N) is 3. The SMILES string of the molecule is CCN1Cc2ccccc2C2(CCN(C(=O)c3cnc[nH]3)CC2)C1. The minimum atomic E-state index is 0.0683. The molecule has 1 aromatic heterocycles. The Kier molecular flexibility index (Phi) is 3.88. The molecule has 2 aliphatic heterocycles. The molecule has 0 aliphatic carbocycles. The summed E-state index contributed by atoms with van der Waals surface area (Å²) in [5.41, 5.74) is 3.74. The molecular weight excluding hydrogens is 300 g/mol. The zero-order valence-electron chi connectivity index (χ0n) is 14.2. The van der Waals surface area contributed by atoms with E-state index in [0.29, 0.717) is 5.69 Å². The number of piperidine rings is 1. The van der Waals surface area contributed by atoms with Crippen molar-refractivity contribution in [3.05, 3.63) is 53.6 Å². The molecule has 2 aromatic rings. The number of benzene rings is 1. The highest BCUT2D eigenvalue weighted by Gasteiger charge is 2.42. The summed E-state index contributed by atoms with van der Waals surface area (Å²) < 4.78 is 0. The lowest BCUT2D eigenvalue weighted by Crippen LogP contribution is -2.52. The van der Waals surface area contributed by atoms with Crippen LogP contribution in [-0.4, -0.2) is 51.9 Å². The van der Waals surface area contributed by atoms with Crippen molar-refractivity contribution in [1.82, 2.24) is 19.8 Å². The van der Waals surface area contributed by atoms with E-state index in [1.165, 1.54) is 11.1 Å². The van der Waals surface area contributed by atoms with Crippen molar-refractivity contribution < 1.29 is 4.79 Å². The summed E-state index contributed by atoms with van der Waals surface area (Å²) >= 11 is 0. The average Bonchev–Trinajstić information content (AvgIpc) is 3.16. The van der Waals surface area contributed by atoms with Gasteiger partial charge in [0.25, 0.3) is 5.91 Å². The van der Waals surface area contributed by atoms with Gasteiger partial charge in [-0.05, 0) is 30.5 Å². The fraction of sp³-hybridized carbons (Fsp3) is 0.474. The Morgan fingerprint density at radius 1 is 1.29 bits per heavy atom. The van der Waals surface area contributed by atoms with E-state index in [9.17, 15) is 4.79 Å². The van der Waals surface area contributed by atoms with E-state index in [-0.39, 0.29) is 11.3 Å². The van der Waals surface area contributed by atoms with E-state index in [1.807, 2.05) is 4.90 Å². The Labute approximate surface area is 142 Å². The van der Waals surface area contributed by atoms with Crippen LogP contribution in [0.15, 0.2) is 36.8 Å². The first kappa shape index (κ1) is 15.4. The lowest BCUT2D eigenvalue weighted by Gasteiger charge is -2.48. The van der Waals surface area contributed by atoms with E-state index in [1.54, 1.807) is 12.5 Å². The normalized spacial score (nSPS) is 20.1. The minimum absolute atomic E-state index is 0.0683. The standard InChI is InChI=1S/C19H24N4O/c1-2-22-12-15-5-3-4-6-16(15)19(13-22)7-9-23(10-8-19)18(24)17-11-20-14-21-17/h3-6,11,14H,2,7-10,12-13H2,1H3,(H,20,21). The highest BCUT2D eigenvalue weighted by Crippen LogP contribution is 2.41. The van der Waals surface area contributed by atoms with Gasteiger partial charge in [-0.25, -0.2) is 4.98 Å². The van der Waals surface area contributed by atoms with Gasteiger partial charge in [0.15, 0.2) is 0 Å². The van der Waals surface area contributed by atoms with Crippen LogP contribution in [0.2, 0.25) is 0 Å². The van der Waals surface area contributed by atoms with Crippen LogP contribution in [0.4, 0.5) is 0 Å². The molecular formula is C19H24N4O. The molecule has 0 saturated carbocycles. The van der Waals surface area contributed by atoms with Gasteiger partial charge < -0.3 is 9.88 Å². The van der Waals surface area contributed by atoms with Gasteiger partial charge in [0.1, 0.15) is 5.69 Å². The summed E-state index contributed by atoms with van der Waals surface area (Å²) in [5.74, 6) is 0.0683. The van der Waals surface area contributed by atoms with Crippen LogP contribution in [0.1, 0.15) is 41.4 Å². The number of likely N-dealkylation sites (tertiary alicyclic amines) is 1. The minimum Gasteiger partial charge on any atom is -0.341 e. The first-order chi connectivity index (χ1) is 11.7. The van der Waals surface area contributed by atoms with Gasteiger partial charge in [0.2, 0.25) is 0 Å². The number of carbonyl (C=O) groups excluding carboxylic acids is 1. The van der Waals surface area contributed by atoms with Crippen molar-refractivity contribution >= 4 is 5.91 Å². The maximum Gasteiger partial charge on any atom is 0.271 e. The maximum atomic E-state index is 12.5. The Balaban J connectivity index is 1.56. The molecule has 1 fully saturated rings. The quantitative estimate of drug-likeness (QED) is 0.923. The van der Waals surface area contributed by atoms with Gasteiger partial charge in [-0.1, -0.05) is 31.2 Å². The number of fused-ring (bicyclic) bond motifs is 2. The van der Waals surface area contributed by atoms with Crippen molar-refractivity contribution in [3.8, 4) is 0 Å². The summed E-state index contributed by atoms with van der Waals surface area (Å²) in [6.07, 6.45) is 5.23. The van der Waals surface area contributed by atoms with Gasteiger partial charge in [0, 0.05) is 31.6 Å². The van der Waals surface area contributed by atoms with Crippen LogP contribution in [0.5, 0.6) is 0 Å². The molecule has 1 amide bonds. The van der Waals surface area contributed by atoms with E-state index >= 15 is 0 Å². The second kappa shape index (κ2) is 6.06. The predicted octanol–water partition coefficient (Wildman–Crippen LogP) is 2.42. The third-order valence-electron chi connectivity index (χ3n) is 5.69. The van der Waals surface area contributed by atoms with Gasteiger partial charge in [-0.3, -0.25) is 9.69 Å². The number of aromatic amines is 1. The number of amides is 1. The van der Waals surface area contributed by atoms with Crippen LogP contribution >= 0.6 is 0 Å². The summed E-state index contributed by atoms with van der Waals surface area (Å²) in [6.45, 7) is 7.08. The third kappa shape index (κ3) is 2.53. The van der Waals surface area contributed by atoms with Crippen LogP contribution in [-0.2, 0) is 12.0 Å². The lowest BCUT2D eigenvalue weighted by molar-refractivity contribution is 0.0594. The Morgan fingerprint density at radius 2 is 2.08 bits per heavy atom. The smallest absolute Gasteiger partial charge is 0.271 e. The van der Waals surface area contributed by atoms with Crippen molar-refractivity contribution in [2.45, 2.75) is 31.7 Å². The van der Waals surface area contributed by atoms with Crippen molar-refractivity contribution in [2.75, 3.05) is 26.2 Å². The first-order valence-electron chi connectivity index (χ1n) is 8.80. The second-order valence-electron chi connectivity index (χ2n) is 7.00. The van der Waals surface area contributed by atoms with Gasteiger partial charge >= 0.3 is 0 Å². The van der Waals surface area contributed by atoms with Gasteiger partial charge in [0.05, 0.1) is 12.5 Å². The highest BCUT2D eigenvalue weighted by atomic mass is 16.2. The number of likely N-dealkylation sites (N-methyl/N-ethyl adjacent to an activating group) is 1. The highest BCUT2D eigenvalue weighted by molar-refractivity contribution is 5.92. The largest absolute Gasteiger partial charge is 0.341 e. The molecule has 0 unspecified atom stereocenters. The summed E-state index contributed by atoms with van der Waals surface area (Å²) in [4.78, 5) is 23.9. The fourth-order valence-corrected chi connectivity index (χ4v) is 4.32. The van der Waals surface area contributed by atoms with Crippen LogP contribution in [0, 0.1) is 0 Å². The maximum absolute atomic E-state index is 12.5. The average molecular weight is 324 g/mol. The number of hydrogen-bond donors (Lipinski definition) is 1. The summed E-state index contributed by atoms with van der Waals surface area (Å²) in [5, 5.41) is 0. The molecule has 5 nitrogen and oxygen atoms in total. The molecule has 126 valence electrons. The molecule has 0 atom stereocenters. The number of H-pyrrole nitrogens is 1. The van der Waals surface area contributed by atoms with Crippen molar-refractivity contribution in [3.63, 3.8) is 0 Å². The summed E-state index contributed by atoms with van der Waals surface area (Å²) in [6, 6.07) is 8.86. The fourth-order valence-electron chi connectivity index (χ4n) is 4.32. The molecule has 1 spiro atoms. The van der Waals surface area contributed by atoms with Crippen LogP contribution in [0.25, 0.3) is 0 Å². The van der Waals surface area contributed by atoms with E-state index in [4.69, 9.17) is 0 Å². The van der Waals surface area contributed by atoms with E-state index in [2.05, 4.69) is 46.1 Å². The molecule has 3 heterocycles. The van der Waals surface area contributed by atoms with Crippen molar-refractivity contribution in [2.24, 2.45) is 0 Å². The van der Waals surface area contributed by atoms with E-state index < -0.39 is 0 Å². The lowest BCUT2D eigenvalue weighted by atomic mass is 9.69. The number of nitrogens with one attached hydrogen (secondary N) is 1. The zero-order chi connectivity index (χ0) is 16.6. The monoisotopic (exact) mass is 324 g/mol. The molecule has 24 heavy (non-hydrogen) atoms. The van der Waals surface area contributed by atoms with Crippen LogP contribution in [0.3, 0.4) is 0 Å². The second-order valence-corrected chi connectivity index (χ2v) is 7.00. The molecule has 0 bridgehead atoms. The summed E-state index contributed by atoms with van der Waals surface area (Å²) in [7, 11) is 0. The topological polar surface area (TPSA) is 52.2 Å².